The fourth-order valence-corrected chi connectivity index (χ4v) is 3.76. The van der Waals surface area contributed by atoms with Gasteiger partial charge in [0.2, 0.25) is 0 Å². The number of carbonyl (C=O) groups is 2. The van der Waals surface area contributed by atoms with E-state index in [1.807, 2.05) is 60.6 Å². The third-order valence-electron chi connectivity index (χ3n) is 4.39. The van der Waals surface area contributed by atoms with Crippen LogP contribution in [0.3, 0.4) is 0 Å². The summed E-state index contributed by atoms with van der Waals surface area (Å²) in [5, 5.41) is 7.00. The number of carbonyl (C=O) groups excluding carboxylic acids is 2. The lowest BCUT2D eigenvalue weighted by molar-refractivity contribution is -0.133. The minimum Gasteiger partial charge on any atom is -0.319 e. The van der Waals surface area contributed by atoms with E-state index < -0.39 is 5.54 Å². The average Bonchev–Trinajstić information content (AvgIpc) is 3.18. The van der Waals surface area contributed by atoms with Crippen LogP contribution in [0.1, 0.15) is 24.5 Å². The van der Waals surface area contributed by atoms with Gasteiger partial charge in [-0.25, -0.2) is 9.69 Å². The summed E-state index contributed by atoms with van der Waals surface area (Å²) in [6.07, 6.45) is 0.520. The molecule has 5 nitrogen and oxygen atoms in total. The maximum atomic E-state index is 13.0. The van der Waals surface area contributed by atoms with E-state index >= 15 is 0 Å². The van der Waals surface area contributed by atoms with Crippen molar-refractivity contribution in [2.24, 2.45) is 0 Å². The second-order valence-electron chi connectivity index (χ2n) is 6.08. The van der Waals surface area contributed by atoms with Gasteiger partial charge in [-0.3, -0.25) is 9.69 Å². The van der Waals surface area contributed by atoms with Crippen LogP contribution in [0.15, 0.2) is 47.2 Å². The van der Waals surface area contributed by atoms with Gasteiger partial charge in [0.1, 0.15) is 5.54 Å². The van der Waals surface area contributed by atoms with Gasteiger partial charge in [0.25, 0.3) is 5.91 Å². The third-order valence-corrected chi connectivity index (χ3v) is 5.12. The van der Waals surface area contributed by atoms with E-state index in [-0.39, 0.29) is 18.6 Å². The number of thiophene rings is 1. The summed E-state index contributed by atoms with van der Waals surface area (Å²) >= 11 is 1.64. The average molecular weight is 343 g/mol. The fourth-order valence-electron chi connectivity index (χ4n) is 3.10. The molecule has 3 amide bonds. The molecule has 1 atom stereocenters. The smallest absolute Gasteiger partial charge is 0.319 e. The van der Waals surface area contributed by atoms with Crippen molar-refractivity contribution in [3.05, 3.63) is 58.3 Å². The van der Waals surface area contributed by atoms with Crippen LogP contribution >= 0.6 is 11.3 Å². The van der Waals surface area contributed by atoms with Crippen LogP contribution in [-0.2, 0) is 16.9 Å². The second-order valence-corrected chi connectivity index (χ2v) is 6.86. The summed E-state index contributed by atoms with van der Waals surface area (Å²) in [5.74, 6) is -0.182. The molecule has 0 saturated carbocycles. The molecule has 1 N–H and O–H groups in total. The van der Waals surface area contributed by atoms with E-state index in [0.717, 1.165) is 5.56 Å². The van der Waals surface area contributed by atoms with Crippen molar-refractivity contribution >= 4 is 23.3 Å². The Morgan fingerprint density at radius 2 is 1.96 bits per heavy atom. The molecule has 0 unspecified atom stereocenters. The molecule has 6 heteroatoms. The van der Waals surface area contributed by atoms with Crippen LogP contribution in [0.25, 0.3) is 0 Å². The molecule has 1 aliphatic heterocycles. The molecule has 2 heterocycles. The topological polar surface area (TPSA) is 52.7 Å². The third kappa shape index (κ3) is 2.95. The molecule has 0 spiro atoms. The zero-order valence-corrected chi connectivity index (χ0v) is 14.7. The van der Waals surface area contributed by atoms with E-state index in [1.54, 1.807) is 11.3 Å². The van der Waals surface area contributed by atoms with Crippen molar-refractivity contribution in [3.8, 4) is 0 Å². The second kappa shape index (κ2) is 6.75. The van der Waals surface area contributed by atoms with Gasteiger partial charge in [0.15, 0.2) is 0 Å². The first-order valence-electron chi connectivity index (χ1n) is 7.96. The van der Waals surface area contributed by atoms with Crippen molar-refractivity contribution in [1.29, 1.82) is 0 Å². The van der Waals surface area contributed by atoms with Gasteiger partial charge in [0.05, 0.1) is 6.67 Å². The number of nitrogens with one attached hydrogen (secondary N) is 1. The first kappa shape index (κ1) is 16.7. The molecule has 0 aliphatic carbocycles. The molecule has 3 rings (SSSR count). The van der Waals surface area contributed by atoms with E-state index in [9.17, 15) is 9.59 Å². The minimum absolute atomic E-state index is 0.182. The maximum Gasteiger partial charge on any atom is 0.326 e. The highest BCUT2D eigenvalue weighted by atomic mass is 32.1. The first-order valence-corrected chi connectivity index (χ1v) is 8.90. The lowest BCUT2D eigenvalue weighted by atomic mass is 9.87. The summed E-state index contributed by atoms with van der Waals surface area (Å²) in [7, 11) is 1.91. The Kier molecular flexibility index (Phi) is 4.69. The number of urea groups is 1. The van der Waals surface area contributed by atoms with E-state index in [2.05, 4.69) is 10.7 Å². The summed E-state index contributed by atoms with van der Waals surface area (Å²) in [4.78, 5) is 28.7. The Balaban J connectivity index is 1.78. The largest absolute Gasteiger partial charge is 0.326 e. The molecular formula is C18H21N3O2S. The SMILES string of the molecule is CC[C@@]1(c2ccccc2)NC(=O)N(CN(C)Cc2ccsc2)C1=O. The highest BCUT2D eigenvalue weighted by molar-refractivity contribution is 7.07. The normalized spacial score (nSPS) is 20.7. The number of amides is 3. The number of nitrogens with zero attached hydrogens (tertiary/aromatic N) is 2. The number of rotatable bonds is 6. The Morgan fingerprint density at radius 1 is 1.21 bits per heavy atom. The molecule has 24 heavy (non-hydrogen) atoms. The molecule has 1 aromatic carbocycles. The lowest BCUT2D eigenvalue weighted by Crippen LogP contribution is -2.44. The Bertz CT molecular complexity index is 717. The van der Waals surface area contributed by atoms with Gasteiger partial charge in [-0.15, -0.1) is 0 Å². The van der Waals surface area contributed by atoms with Crippen LogP contribution < -0.4 is 5.32 Å². The Hall–Kier alpha value is -2.18. The lowest BCUT2D eigenvalue weighted by Gasteiger charge is -2.27. The zero-order valence-electron chi connectivity index (χ0n) is 13.9. The van der Waals surface area contributed by atoms with Gasteiger partial charge in [-0.2, -0.15) is 11.3 Å². The summed E-state index contributed by atoms with van der Waals surface area (Å²) < 4.78 is 0. The van der Waals surface area contributed by atoms with Crippen molar-refractivity contribution in [3.63, 3.8) is 0 Å². The molecule has 0 radical (unpaired) electrons. The number of hydrogen-bond acceptors (Lipinski definition) is 4. The van der Waals surface area contributed by atoms with Crippen molar-refractivity contribution in [2.75, 3.05) is 13.7 Å². The highest BCUT2D eigenvalue weighted by Gasteiger charge is 2.51. The highest BCUT2D eigenvalue weighted by Crippen LogP contribution is 2.32. The molecule has 1 aromatic heterocycles. The molecule has 2 aromatic rings. The van der Waals surface area contributed by atoms with E-state index in [4.69, 9.17) is 0 Å². The Labute approximate surface area is 145 Å². The standard InChI is InChI=1S/C18H21N3O2S/c1-3-18(15-7-5-4-6-8-15)16(22)21(17(23)19-18)13-20(2)11-14-9-10-24-12-14/h4-10,12H,3,11,13H2,1-2H3,(H,19,23)/t18-/m0/s1. The molecule has 0 bridgehead atoms. The van der Waals surface area contributed by atoms with Crippen molar-refractivity contribution in [2.45, 2.75) is 25.4 Å². The molecule has 1 saturated heterocycles. The predicted octanol–water partition coefficient (Wildman–Crippen LogP) is 2.99. The molecule has 1 aliphatic rings. The van der Waals surface area contributed by atoms with Crippen molar-refractivity contribution < 1.29 is 9.59 Å². The monoisotopic (exact) mass is 343 g/mol. The van der Waals surface area contributed by atoms with Gasteiger partial charge in [-0.05, 0) is 41.4 Å². The van der Waals surface area contributed by atoms with Gasteiger partial charge in [-0.1, -0.05) is 37.3 Å². The quantitative estimate of drug-likeness (QED) is 0.821. The van der Waals surface area contributed by atoms with Gasteiger partial charge >= 0.3 is 6.03 Å². The van der Waals surface area contributed by atoms with E-state index in [1.165, 1.54) is 10.5 Å². The van der Waals surface area contributed by atoms with Crippen LogP contribution in [0.4, 0.5) is 4.79 Å². The fraction of sp³-hybridized carbons (Fsp3) is 0.333. The first-order chi connectivity index (χ1) is 11.6. The summed E-state index contributed by atoms with van der Waals surface area (Å²) in [5.41, 5.74) is 1.05. The summed E-state index contributed by atoms with van der Waals surface area (Å²) in [6.45, 7) is 2.89. The van der Waals surface area contributed by atoms with Crippen LogP contribution in [0, 0.1) is 0 Å². The predicted molar refractivity (Wildman–Crippen MR) is 94.4 cm³/mol. The number of imide groups is 1. The molecule has 126 valence electrons. The Morgan fingerprint density at radius 3 is 2.58 bits per heavy atom. The molecule has 1 fully saturated rings. The molecular weight excluding hydrogens is 322 g/mol. The number of benzene rings is 1. The zero-order chi connectivity index (χ0) is 17.2. The summed E-state index contributed by atoms with van der Waals surface area (Å²) in [6, 6.07) is 11.2. The number of hydrogen-bond donors (Lipinski definition) is 1. The van der Waals surface area contributed by atoms with Crippen LogP contribution in [0.2, 0.25) is 0 Å². The van der Waals surface area contributed by atoms with Crippen LogP contribution in [0.5, 0.6) is 0 Å². The van der Waals surface area contributed by atoms with Crippen LogP contribution in [-0.4, -0.2) is 35.5 Å². The van der Waals surface area contributed by atoms with E-state index in [0.29, 0.717) is 13.0 Å². The van der Waals surface area contributed by atoms with Gasteiger partial charge in [0, 0.05) is 6.54 Å². The maximum absolute atomic E-state index is 13.0. The minimum atomic E-state index is -0.957. The van der Waals surface area contributed by atoms with Crippen molar-refractivity contribution in [1.82, 2.24) is 15.1 Å². The van der Waals surface area contributed by atoms with Gasteiger partial charge < -0.3 is 5.32 Å².